The van der Waals surface area contributed by atoms with Gasteiger partial charge in [-0.15, -0.1) is 0 Å². The van der Waals surface area contributed by atoms with Gasteiger partial charge in [-0.2, -0.15) is 0 Å². The summed E-state index contributed by atoms with van der Waals surface area (Å²) in [6.45, 7) is 3.35. The third-order valence-electron chi connectivity index (χ3n) is 5.98. The maximum absolute atomic E-state index is 13.7. The molecule has 1 fully saturated rings. The number of aryl methyl sites for hydroxylation is 1. The summed E-state index contributed by atoms with van der Waals surface area (Å²) < 4.78 is 13.7. The van der Waals surface area contributed by atoms with Gasteiger partial charge in [0.05, 0.1) is 17.5 Å². The number of H-pyrrole nitrogens is 2. The van der Waals surface area contributed by atoms with Crippen molar-refractivity contribution in [3.63, 3.8) is 0 Å². The Bertz CT molecular complexity index is 1180. The van der Waals surface area contributed by atoms with Gasteiger partial charge < -0.3 is 14.9 Å². The van der Waals surface area contributed by atoms with E-state index in [1.807, 2.05) is 36.1 Å². The number of aromatic nitrogens is 3. The molecule has 1 atom stereocenters. The second kappa shape index (κ2) is 7.03. The van der Waals surface area contributed by atoms with E-state index in [9.17, 15) is 9.18 Å². The zero-order chi connectivity index (χ0) is 20.0. The number of halogens is 1. The van der Waals surface area contributed by atoms with Gasteiger partial charge in [0, 0.05) is 35.6 Å². The van der Waals surface area contributed by atoms with Crippen LogP contribution in [0.1, 0.15) is 35.8 Å². The SMILES string of the molecule is Cc1[nH]c2ccc(F)cc2c1CC(=O)N1CCCC(c2nc3ccccc3[nH]2)C1. The first-order valence-electron chi connectivity index (χ1n) is 10.1. The second-order valence-electron chi connectivity index (χ2n) is 7.91. The zero-order valence-electron chi connectivity index (χ0n) is 16.3. The first kappa shape index (κ1) is 17.9. The number of benzene rings is 2. The van der Waals surface area contributed by atoms with Crippen LogP contribution in [-0.4, -0.2) is 38.8 Å². The van der Waals surface area contributed by atoms with Gasteiger partial charge >= 0.3 is 0 Å². The Morgan fingerprint density at radius 2 is 2.07 bits per heavy atom. The van der Waals surface area contributed by atoms with Crippen LogP contribution in [0.4, 0.5) is 4.39 Å². The van der Waals surface area contributed by atoms with Gasteiger partial charge in [0.15, 0.2) is 0 Å². The van der Waals surface area contributed by atoms with Gasteiger partial charge in [0.1, 0.15) is 11.6 Å². The Balaban J connectivity index is 1.36. The van der Waals surface area contributed by atoms with Gasteiger partial charge in [-0.3, -0.25) is 4.79 Å². The van der Waals surface area contributed by atoms with Crippen LogP contribution in [0.2, 0.25) is 0 Å². The van der Waals surface area contributed by atoms with Crippen molar-refractivity contribution in [3.8, 4) is 0 Å². The number of hydrogen-bond acceptors (Lipinski definition) is 2. The largest absolute Gasteiger partial charge is 0.358 e. The van der Waals surface area contributed by atoms with Crippen LogP contribution < -0.4 is 0 Å². The fourth-order valence-corrected chi connectivity index (χ4v) is 4.44. The summed E-state index contributed by atoms with van der Waals surface area (Å²) in [4.78, 5) is 26.4. The number of carbonyl (C=O) groups excluding carboxylic acids is 1. The average Bonchev–Trinajstić information content (AvgIpc) is 3.29. The van der Waals surface area contributed by atoms with Crippen LogP contribution in [0.25, 0.3) is 21.9 Å². The smallest absolute Gasteiger partial charge is 0.227 e. The van der Waals surface area contributed by atoms with Crippen molar-refractivity contribution in [1.29, 1.82) is 0 Å². The summed E-state index contributed by atoms with van der Waals surface area (Å²) in [5.74, 6) is 0.961. The van der Waals surface area contributed by atoms with E-state index in [0.29, 0.717) is 6.54 Å². The average molecular weight is 390 g/mol. The summed E-state index contributed by atoms with van der Waals surface area (Å²) in [5, 5.41) is 0.793. The highest BCUT2D eigenvalue weighted by Crippen LogP contribution is 2.28. The molecule has 1 saturated heterocycles. The highest BCUT2D eigenvalue weighted by atomic mass is 19.1. The predicted octanol–water partition coefficient (Wildman–Crippen LogP) is 4.44. The second-order valence-corrected chi connectivity index (χ2v) is 7.91. The lowest BCUT2D eigenvalue weighted by molar-refractivity contribution is -0.131. The Kier molecular flexibility index (Phi) is 4.34. The standard InChI is InChI=1S/C23H23FN4O/c1-14-17(18-11-16(24)8-9-19(18)25-14)12-22(29)28-10-4-5-15(13-28)23-26-20-6-2-3-7-21(20)27-23/h2-3,6-9,11,15,25H,4-5,10,12-13H2,1H3,(H,26,27). The van der Waals surface area contributed by atoms with Crippen LogP contribution in [0.3, 0.4) is 0 Å². The fourth-order valence-electron chi connectivity index (χ4n) is 4.44. The van der Waals surface area contributed by atoms with E-state index in [1.165, 1.54) is 12.1 Å². The topological polar surface area (TPSA) is 64.8 Å². The molecule has 2 aromatic carbocycles. The molecule has 0 spiro atoms. The minimum atomic E-state index is -0.284. The summed E-state index contributed by atoms with van der Waals surface area (Å²) in [7, 11) is 0. The molecule has 3 heterocycles. The van der Waals surface area contributed by atoms with Crippen LogP contribution >= 0.6 is 0 Å². The van der Waals surface area contributed by atoms with Crippen molar-refractivity contribution in [2.75, 3.05) is 13.1 Å². The number of nitrogens with one attached hydrogen (secondary N) is 2. The molecule has 0 radical (unpaired) electrons. The molecule has 2 aromatic heterocycles. The summed E-state index contributed by atoms with van der Waals surface area (Å²) >= 11 is 0. The number of carbonyl (C=O) groups is 1. The highest BCUT2D eigenvalue weighted by Gasteiger charge is 2.27. The molecule has 0 saturated carbocycles. The van der Waals surface area contributed by atoms with E-state index in [2.05, 4.69) is 9.97 Å². The van der Waals surface area contributed by atoms with E-state index in [4.69, 9.17) is 4.98 Å². The Morgan fingerprint density at radius 3 is 2.93 bits per heavy atom. The van der Waals surface area contributed by atoms with Gasteiger partial charge in [0.25, 0.3) is 0 Å². The highest BCUT2D eigenvalue weighted by molar-refractivity contribution is 5.90. The fraction of sp³-hybridized carbons (Fsp3) is 0.304. The molecule has 29 heavy (non-hydrogen) atoms. The van der Waals surface area contributed by atoms with E-state index in [1.54, 1.807) is 6.07 Å². The van der Waals surface area contributed by atoms with Gasteiger partial charge in [0.2, 0.25) is 5.91 Å². The van der Waals surface area contributed by atoms with Crippen molar-refractivity contribution in [2.45, 2.75) is 32.1 Å². The van der Waals surface area contributed by atoms with E-state index >= 15 is 0 Å². The van der Waals surface area contributed by atoms with Gasteiger partial charge in [-0.25, -0.2) is 9.37 Å². The number of piperidine rings is 1. The van der Waals surface area contributed by atoms with Crippen molar-refractivity contribution in [1.82, 2.24) is 19.9 Å². The number of aromatic amines is 2. The van der Waals surface area contributed by atoms with Crippen molar-refractivity contribution >= 4 is 27.8 Å². The number of fused-ring (bicyclic) bond motifs is 2. The molecular formula is C23H23FN4O. The first-order chi connectivity index (χ1) is 14.1. The Morgan fingerprint density at radius 1 is 1.21 bits per heavy atom. The Hall–Kier alpha value is -3.15. The van der Waals surface area contributed by atoms with E-state index in [0.717, 1.165) is 58.4 Å². The molecule has 0 bridgehead atoms. The van der Waals surface area contributed by atoms with Crippen LogP contribution in [0.15, 0.2) is 42.5 Å². The normalized spacial score (nSPS) is 17.3. The maximum Gasteiger partial charge on any atom is 0.227 e. The molecule has 1 aliphatic rings. The van der Waals surface area contributed by atoms with Crippen LogP contribution in [0, 0.1) is 12.7 Å². The lowest BCUT2D eigenvalue weighted by Gasteiger charge is -2.32. The quantitative estimate of drug-likeness (QED) is 0.543. The molecule has 0 aliphatic carbocycles. The monoisotopic (exact) mass is 390 g/mol. The first-order valence-corrected chi connectivity index (χ1v) is 10.1. The summed E-state index contributed by atoms with van der Waals surface area (Å²) in [5.41, 5.74) is 4.66. The van der Waals surface area contributed by atoms with E-state index < -0.39 is 0 Å². The van der Waals surface area contributed by atoms with Crippen molar-refractivity contribution in [3.05, 3.63) is 65.4 Å². The number of amides is 1. The molecule has 4 aromatic rings. The molecule has 5 nitrogen and oxygen atoms in total. The van der Waals surface area contributed by atoms with E-state index in [-0.39, 0.29) is 24.1 Å². The number of likely N-dealkylation sites (tertiary alicyclic amines) is 1. The summed E-state index contributed by atoms with van der Waals surface area (Å²) in [6, 6.07) is 12.7. The Labute approximate surface area is 167 Å². The summed E-state index contributed by atoms with van der Waals surface area (Å²) in [6.07, 6.45) is 2.25. The number of imidazole rings is 1. The van der Waals surface area contributed by atoms with Gasteiger partial charge in [-0.05, 0) is 55.7 Å². The molecule has 5 rings (SSSR count). The predicted molar refractivity (Wildman–Crippen MR) is 111 cm³/mol. The molecule has 1 unspecified atom stereocenters. The number of nitrogens with zero attached hydrogens (tertiary/aromatic N) is 2. The maximum atomic E-state index is 13.7. The lowest BCUT2D eigenvalue weighted by atomic mass is 9.96. The van der Waals surface area contributed by atoms with Crippen molar-refractivity contribution < 1.29 is 9.18 Å². The minimum absolute atomic E-state index is 0.0825. The van der Waals surface area contributed by atoms with Gasteiger partial charge in [-0.1, -0.05) is 12.1 Å². The van der Waals surface area contributed by atoms with Crippen LogP contribution in [0.5, 0.6) is 0 Å². The number of rotatable bonds is 3. The molecule has 2 N–H and O–H groups in total. The minimum Gasteiger partial charge on any atom is -0.358 e. The number of hydrogen-bond donors (Lipinski definition) is 2. The molecule has 1 amide bonds. The third kappa shape index (κ3) is 3.28. The molecule has 148 valence electrons. The third-order valence-corrected chi connectivity index (χ3v) is 5.98. The number of para-hydroxylation sites is 2. The molecular weight excluding hydrogens is 367 g/mol. The van der Waals surface area contributed by atoms with Crippen molar-refractivity contribution in [2.24, 2.45) is 0 Å². The lowest BCUT2D eigenvalue weighted by Crippen LogP contribution is -2.40. The molecule has 6 heteroatoms. The van der Waals surface area contributed by atoms with Crippen LogP contribution in [-0.2, 0) is 11.2 Å². The molecule has 1 aliphatic heterocycles. The zero-order valence-corrected chi connectivity index (χ0v) is 16.3.